The van der Waals surface area contributed by atoms with Crippen molar-refractivity contribution in [1.82, 2.24) is 5.32 Å². The molecule has 0 bridgehead atoms. The number of nitrogens with two attached hydrogens (primary N) is 1. The first kappa shape index (κ1) is 10.4. The van der Waals surface area contributed by atoms with Gasteiger partial charge in [0.1, 0.15) is 6.17 Å². The van der Waals surface area contributed by atoms with E-state index in [1.54, 1.807) is 12.1 Å². The summed E-state index contributed by atoms with van der Waals surface area (Å²) >= 11 is 0. The van der Waals surface area contributed by atoms with Crippen LogP contribution in [0.5, 0.6) is 0 Å². The van der Waals surface area contributed by atoms with Crippen molar-refractivity contribution in [3.63, 3.8) is 0 Å². The predicted molar refractivity (Wildman–Crippen MR) is 60.3 cm³/mol. The fourth-order valence-corrected chi connectivity index (χ4v) is 2.15. The summed E-state index contributed by atoms with van der Waals surface area (Å²) in [6, 6.07) is 7.25. The van der Waals surface area contributed by atoms with Crippen LogP contribution in [0.4, 0.5) is 10.1 Å². The van der Waals surface area contributed by atoms with Crippen LogP contribution < -0.4 is 11.1 Å². The molecule has 3 heteroatoms. The zero-order valence-electron chi connectivity index (χ0n) is 8.75. The molecule has 2 rings (SSSR count). The van der Waals surface area contributed by atoms with Crippen molar-refractivity contribution >= 4 is 5.69 Å². The monoisotopic (exact) mass is 208 g/mol. The quantitative estimate of drug-likeness (QED) is 0.732. The summed E-state index contributed by atoms with van der Waals surface area (Å²) in [4.78, 5) is 0. The van der Waals surface area contributed by atoms with Crippen molar-refractivity contribution in [3.05, 3.63) is 29.8 Å². The van der Waals surface area contributed by atoms with Crippen LogP contribution in [0, 0.1) is 5.92 Å². The maximum absolute atomic E-state index is 14.2. The van der Waals surface area contributed by atoms with Gasteiger partial charge in [-0.2, -0.15) is 0 Å². The molecular weight excluding hydrogens is 191 g/mol. The van der Waals surface area contributed by atoms with Gasteiger partial charge in [-0.05, 0) is 37.9 Å². The molecule has 0 spiro atoms. The summed E-state index contributed by atoms with van der Waals surface area (Å²) in [5.41, 5.74) is 7.00. The van der Waals surface area contributed by atoms with Crippen LogP contribution in [0.25, 0.3) is 0 Å². The van der Waals surface area contributed by atoms with E-state index in [1.807, 2.05) is 12.1 Å². The second kappa shape index (κ2) is 4.62. The van der Waals surface area contributed by atoms with Crippen molar-refractivity contribution in [2.45, 2.75) is 19.0 Å². The fourth-order valence-electron chi connectivity index (χ4n) is 2.15. The molecule has 1 aliphatic rings. The zero-order chi connectivity index (χ0) is 10.7. The van der Waals surface area contributed by atoms with Gasteiger partial charge in [-0.3, -0.25) is 0 Å². The van der Waals surface area contributed by atoms with Crippen molar-refractivity contribution in [1.29, 1.82) is 0 Å². The van der Waals surface area contributed by atoms with Crippen LogP contribution in [0.3, 0.4) is 0 Å². The van der Waals surface area contributed by atoms with Gasteiger partial charge in [0.05, 0.1) is 0 Å². The van der Waals surface area contributed by atoms with Crippen molar-refractivity contribution in [3.8, 4) is 0 Å². The van der Waals surface area contributed by atoms with Gasteiger partial charge >= 0.3 is 0 Å². The van der Waals surface area contributed by atoms with Gasteiger partial charge in [0.15, 0.2) is 0 Å². The Kier molecular flexibility index (Phi) is 3.21. The second-order valence-electron chi connectivity index (χ2n) is 4.12. The number of piperidine rings is 1. The molecule has 1 aromatic carbocycles. The maximum atomic E-state index is 14.2. The second-order valence-corrected chi connectivity index (χ2v) is 4.12. The lowest BCUT2D eigenvalue weighted by molar-refractivity contribution is 0.191. The molecule has 0 amide bonds. The van der Waals surface area contributed by atoms with Crippen LogP contribution in [-0.2, 0) is 0 Å². The Morgan fingerprint density at radius 1 is 1.27 bits per heavy atom. The summed E-state index contributed by atoms with van der Waals surface area (Å²) in [5.74, 6) is 0.121. The number of hydrogen-bond acceptors (Lipinski definition) is 2. The summed E-state index contributed by atoms with van der Waals surface area (Å²) in [5, 5.41) is 3.24. The molecule has 82 valence electrons. The first-order chi connectivity index (χ1) is 7.29. The Balaban J connectivity index is 2.12. The summed E-state index contributed by atoms with van der Waals surface area (Å²) in [6.45, 7) is 1.83. The summed E-state index contributed by atoms with van der Waals surface area (Å²) in [7, 11) is 0. The molecule has 1 atom stereocenters. The minimum Gasteiger partial charge on any atom is -0.398 e. The van der Waals surface area contributed by atoms with Gasteiger partial charge in [0.25, 0.3) is 0 Å². The SMILES string of the molecule is Nc1ccccc1C(F)C1CCNCC1. The highest BCUT2D eigenvalue weighted by molar-refractivity contribution is 5.47. The topological polar surface area (TPSA) is 38.0 Å². The van der Waals surface area contributed by atoms with Crippen LogP contribution in [0.2, 0.25) is 0 Å². The Morgan fingerprint density at radius 2 is 1.93 bits per heavy atom. The smallest absolute Gasteiger partial charge is 0.130 e. The molecule has 1 unspecified atom stereocenters. The normalized spacial score (nSPS) is 20.1. The highest BCUT2D eigenvalue weighted by atomic mass is 19.1. The molecule has 1 aliphatic heterocycles. The maximum Gasteiger partial charge on any atom is 0.130 e. The number of hydrogen-bond donors (Lipinski definition) is 2. The van der Waals surface area contributed by atoms with Gasteiger partial charge in [-0.1, -0.05) is 18.2 Å². The number of nitrogen functional groups attached to an aromatic ring is 1. The average Bonchev–Trinajstić information content (AvgIpc) is 2.30. The van der Waals surface area contributed by atoms with E-state index in [0.717, 1.165) is 25.9 Å². The number of anilines is 1. The Bertz CT molecular complexity index is 321. The Hall–Kier alpha value is -1.09. The van der Waals surface area contributed by atoms with Crippen LogP contribution in [0.15, 0.2) is 24.3 Å². The highest BCUT2D eigenvalue weighted by Gasteiger charge is 2.25. The number of alkyl halides is 1. The molecule has 15 heavy (non-hydrogen) atoms. The lowest BCUT2D eigenvalue weighted by Gasteiger charge is -2.26. The predicted octanol–water partition coefficient (Wildman–Crippen LogP) is 2.28. The van der Waals surface area contributed by atoms with Crippen molar-refractivity contribution in [2.24, 2.45) is 5.92 Å². The molecule has 0 aliphatic carbocycles. The standard InChI is InChI=1S/C12H17FN2/c13-12(9-5-7-15-8-6-9)10-3-1-2-4-11(10)14/h1-4,9,12,15H,5-8,14H2. The van der Waals surface area contributed by atoms with Gasteiger partial charge in [-0.15, -0.1) is 0 Å². The lowest BCUT2D eigenvalue weighted by Crippen LogP contribution is -2.30. The molecule has 1 fully saturated rings. The molecule has 2 nitrogen and oxygen atoms in total. The van der Waals surface area contributed by atoms with E-state index in [9.17, 15) is 4.39 Å². The van der Waals surface area contributed by atoms with E-state index in [-0.39, 0.29) is 5.92 Å². The third-order valence-corrected chi connectivity index (χ3v) is 3.09. The summed E-state index contributed by atoms with van der Waals surface area (Å²) in [6.07, 6.45) is 0.888. The number of para-hydroxylation sites is 1. The number of benzene rings is 1. The molecule has 3 N–H and O–H groups in total. The van der Waals surface area contributed by atoms with Gasteiger partial charge in [0, 0.05) is 11.3 Å². The Morgan fingerprint density at radius 3 is 2.60 bits per heavy atom. The average molecular weight is 208 g/mol. The zero-order valence-corrected chi connectivity index (χ0v) is 8.75. The largest absolute Gasteiger partial charge is 0.398 e. The lowest BCUT2D eigenvalue weighted by atomic mass is 9.88. The van der Waals surface area contributed by atoms with Gasteiger partial charge in [0.2, 0.25) is 0 Å². The van der Waals surface area contributed by atoms with E-state index in [2.05, 4.69) is 5.32 Å². The van der Waals surface area contributed by atoms with Crippen molar-refractivity contribution < 1.29 is 4.39 Å². The third kappa shape index (κ3) is 2.29. The molecule has 0 radical (unpaired) electrons. The van der Waals surface area contributed by atoms with E-state index in [0.29, 0.717) is 11.3 Å². The van der Waals surface area contributed by atoms with Crippen LogP contribution >= 0.6 is 0 Å². The first-order valence-corrected chi connectivity index (χ1v) is 5.48. The van der Waals surface area contributed by atoms with Crippen LogP contribution in [-0.4, -0.2) is 13.1 Å². The van der Waals surface area contributed by atoms with E-state index in [4.69, 9.17) is 5.73 Å². The highest BCUT2D eigenvalue weighted by Crippen LogP contribution is 2.34. The number of nitrogens with one attached hydrogen (secondary N) is 1. The summed E-state index contributed by atoms with van der Waals surface area (Å²) < 4.78 is 14.2. The molecule has 0 saturated carbocycles. The van der Waals surface area contributed by atoms with E-state index in [1.165, 1.54) is 0 Å². The van der Waals surface area contributed by atoms with Crippen LogP contribution in [0.1, 0.15) is 24.6 Å². The first-order valence-electron chi connectivity index (χ1n) is 5.48. The van der Waals surface area contributed by atoms with Gasteiger partial charge < -0.3 is 11.1 Å². The van der Waals surface area contributed by atoms with Crippen molar-refractivity contribution in [2.75, 3.05) is 18.8 Å². The molecule has 0 aromatic heterocycles. The molecule has 1 heterocycles. The molecular formula is C12H17FN2. The van der Waals surface area contributed by atoms with E-state index >= 15 is 0 Å². The molecule has 1 saturated heterocycles. The minimum absolute atomic E-state index is 0.121. The Labute approximate surface area is 89.7 Å². The third-order valence-electron chi connectivity index (χ3n) is 3.09. The number of rotatable bonds is 2. The molecule has 1 aromatic rings. The van der Waals surface area contributed by atoms with Gasteiger partial charge in [-0.25, -0.2) is 4.39 Å². The van der Waals surface area contributed by atoms with E-state index < -0.39 is 6.17 Å². The number of halogens is 1. The fraction of sp³-hybridized carbons (Fsp3) is 0.500. The minimum atomic E-state index is -0.909.